The lowest BCUT2D eigenvalue weighted by Gasteiger charge is -1.99. The molecule has 0 saturated carbocycles. The number of rotatable bonds is 15. The Hall–Kier alpha value is -1.09. The summed E-state index contributed by atoms with van der Waals surface area (Å²) in [6.07, 6.45) is 21.8. The minimum Gasteiger partial charge on any atom is -0.469 e. The third-order valence-corrected chi connectivity index (χ3v) is 3.61. The Bertz CT molecular complexity index is 295. The number of hydrogen-bond acceptors (Lipinski definition) is 3. The number of allylic oxidation sites excluding steroid dienone is 4. The van der Waals surface area contributed by atoms with Crippen LogP contribution in [-0.2, 0) is 9.53 Å². The highest BCUT2D eigenvalue weighted by atomic mass is 16.5. The predicted octanol–water partition coefficient (Wildman–Crippen LogP) is 4.95. The maximum atomic E-state index is 10.9. The van der Waals surface area contributed by atoms with Crippen LogP contribution in [0.3, 0.4) is 0 Å². The number of carbonyl (C=O) groups is 1. The van der Waals surface area contributed by atoms with Crippen molar-refractivity contribution in [2.24, 2.45) is 0 Å². The Morgan fingerprint density at radius 3 is 1.95 bits per heavy atom. The lowest BCUT2D eigenvalue weighted by atomic mass is 10.1. The van der Waals surface area contributed by atoms with E-state index >= 15 is 0 Å². The van der Waals surface area contributed by atoms with Gasteiger partial charge in [-0.25, -0.2) is 0 Å². The maximum absolute atomic E-state index is 10.9. The first kappa shape index (κ1) is 20.9. The molecule has 0 spiro atoms. The van der Waals surface area contributed by atoms with Crippen LogP contribution in [0.15, 0.2) is 24.3 Å². The fourth-order valence-corrected chi connectivity index (χ4v) is 2.22. The van der Waals surface area contributed by atoms with E-state index < -0.39 is 0 Å². The zero-order chi connectivity index (χ0) is 16.3. The van der Waals surface area contributed by atoms with E-state index in [1.165, 1.54) is 32.8 Å². The number of hydrogen-bond donors (Lipinski definition) is 1. The molecule has 0 aliphatic heterocycles. The number of unbranched alkanes of at least 4 members (excludes halogenated alkanes) is 8. The molecule has 3 nitrogen and oxygen atoms in total. The number of aliphatic hydroxyl groups excluding tert-OH is 1. The van der Waals surface area contributed by atoms with Crippen molar-refractivity contribution in [1.29, 1.82) is 0 Å². The van der Waals surface area contributed by atoms with Crippen LogP contribution in [0.4, 0.5) is 0 Å². The molecular formula is C19H34O3. The number of ether oxygens (including phenoxy) is 1. The molecule has 0 aliphatic carbocycles. The van der Waals surface area contributed by atoms with Crippen molar-refractivity contribution in [2.75, 3.05) is 13.7 Å². The second-order valence-electron chi connectivity index (χ2n) is 5.63. The molecule has 0 radical (unpaired) electrons. The van der Waals surface area contributed by atoms with Gasteiger partial charge in [0.05, 0.1) is 7.11 Å². The van der Waals surface area contributed by atoms with Gasteiger partial charge in [-0.3, -0.25) is 4.79 Å². The Morgan fingerprint density at radius 2 is 1.36 bits per heavy atom. The topological polar surface area (TPSA) is 46.5 Å². The highest BCUT2D eigenvalue weighted by molar-refractivity contribution is 5.68. The van der Waals surface area contributed by atoms with Crippen LogP contribution in [0.1, 0.15) is 77.0 Å². The third-order valence-electron chi connectivity index (χ3n) is 3.61. The van der Waals surface area contributed by atoms with Crippen molar-refractivity contribution >= 4 is 5.97 Å². The van der Waals surface area contributed by atoms with Crippen LogP contribution < -0.4 is 0 Å². The van der Waals surface area contributed by atoms with Crippen molar-refractivity contribution in [3.8, 4) is 0 Å². The van der Waals surface area contributed by atoms with Gasteiger partial charge in [0.2, 0.25) is 0 Å². The molecule has 0 fully saturated rings. The summed E-state index contributed by atoms with van der Waals surface area (Å²) in [6, 6.07) is 0. The summed E-state index contributed by atoms with van der Waals surface area (Å²) < 4.78 is 4.61. The SMILES string of the molecule is COC(=O)CCCCCCCC=CCC=CCCCCCO. The fourth-order valence-electron chi connectivity index (χ4n) is 2.22. The second-order valence-corrected chi connectivity index (χ2v) is 5.63. The summed E-state index contributed by atoms with van der Waals surface area (Å²) in [7, 11) is 1.45. The van der Waals surface area contributed by atoms with Crippen molar-refractivity contribution in [2.45, 2.75) is 77.0 Å². The highest BCUT2D eigenvalue weighted by Gasteiger charge is 1.98. The Kier molecular flexibility index (Phi) is 17.1. The van der Waals surface area contributed by atoms with Gasteiger partial charge in [0.25, 0.3) is 0 Å². The van der Waals surface area contributed by atoms with Gasteiger partial charge in [-0.15, -0.1) is 0 Å². The molecule has 0 amide bonds. The van der Waals surface area contributed by atoms with Crippen molar-refractivity contribution in [1.82, 2.24) is 0 Å². The Balaban J connectivity index is 3.20. The first-order chi connectivity index (χ1) is 10.8. The maximum Gasteiger partial charge on any atom is 0.305 e. The molecule has 0 heterocycles. The normalized spacial score (nSPS) is 11.5. The quantitative estimate of drug-likeness (QED) is 0.264. The Morgan fingerprint density at radius 1 is 0.818 bits per heavy atom. The molecule has 22 heavy (non-hydrogen) atoms. The van der Waals surface area contributed by atoms with Crippen LogP contribution in [0.2, 0.25) is 0 Å². The number of aliphatic hydroxyl groups is 1. The predicted molar refractivity (Wildman–Crippen MR) is 92.8 cm³/mol. The molecule has 0 aromatic heterocycles. The monoisotopic (exact) mass is 310 g/mol. The largest absolute Gasteiger partial charge is 0.469 e. The van der Waals surface area contributed by atoms with E-state index in [9.17, 15) is 4.79 Å². The summed E-state index contributed by atoms with van der Waals surface area (Å²) in [6.45, 7) is 0.317. The first-order valence-electron chi connectivity index (χ1n) is 8.79. The van der Waals surface area contributed by atoms with Gasteiger partial charge in [0.1, 0.15) is 0 Å². The molecule has 0 aliphatic rings. The van der Waals surface area contributed by atoms with E-state index in [1.54, 1.807) is 0 Å². The zero-order valence-electron chi connectivity index (χ0n) is 14.3. The Labute approximate surface area is 136 Å². The summed E-state index contributed by atoms with van der Waals surface area (Å²) in [5.41, 5.74) is 0. The number of methoxy groups -OCH3 is 1. The zero-order valence-corrected chi connectivity index (χ0v) is 14.3. The molecule has 0 aromatic carbocycles. The fraction of sp³-hybridized carbons (Fsp3) is 0.737. The lowest BCUT2D eigenvalue weighted by molar-refractivity contribution is -0.140. The van der Waals surface area contributed by atoms with Crippen LogP contribution in [0.25, 0.3) is 0 Å². The van der Waals surface area contributed by atoms with E-state index in [2.05, 4.69) is 29.0 Å². The smallest absolute Gasteiger partial charge is 0.305 e. The van der Waals surface area contributed by atoms with Gasteiger partial charge in [-0.05, 0) is 44.9 Å². The average Bonchev–Trinajstić information content (AvgIpc) is 2.54. The summed E-state index contributed by atoms with van der Waals surface area (Å²) in [5.74, 6) is -0.0932. The summed E-state index contributed by atoms with van der Waals surface area (Å²) in [4.78, 5) is 10.9. The molecule has 0 atom stereocenters. The molecule has 0 saturated heterocycles. The van der Waals surface area contributed by atoms with Gasteiger partial charge in [0, 0.05) is 13.0 Å². The van der Waals surface area contributed by atoms with Crippen LogP contribution in [-0.4, -0.2) is 24.8 Å². The van der Waals surface area contributed by atoms with E-state index in [4.69, 9.17) is 5.11 Å². The third kappa shape index (κ3) is 17.0. The van der Waals surface area contributed by atoms with Crippen molar-refractivity contribution in [3.05, 3.63) is 24.3 Å². The second kappa shape index (κ2) is 18.0. The van der Waals surface area contributed by atoms with Gasteiger partial charge in [-0.1, -0.05) is 50.0 Å². The minimum absolute atomic E-state index is 0.0932. The average molecular weight is 310 g/mol. The van der Waals surface area contributed by atoms with Crippen molar-refractivity contribution < 1.29 is 14.6 Å². The molecule has 0 bridgehead atoms. The minimum atomic E-state index is -0.0932. The number of esters is 1. The van der Waals surface area contributed by atoms with Gasteiger partial charge in [0.15, 0.2) is 0 Å². The molecular weight excluding hydrogens is 276 g/mol. The van der Waals surface area contributed by atoms with Crippen LogP contribution in [0, 0.1) is 0 Å². The van der Waals surface area contributed by atoms with E-state index in [-0.39, 0.29) is 5.97 Å². The molecule has 128 valence electrons. The summed E-state index contributed by atoms with van der Waals surface area (Å²) in [5, 5.41) is 8.66. The van der Waals surface area contributed by atoms with E-state index in [0.29, 0.717) is 13.0 Å². The van der Waals surface area contributed by atoms with Gasteiger partial charge < -0.3 is 9.84 Å². The molecule has 0 rings (SSSR count). The first-order valence-corrected chi connectivity index (χ1v) is 8.79. The highest BCUT2D eigenvalue weighted by Crippen LogP contribution is 2.08. The van der Waals surface area contributed by atoms with Gasteiger partial charge in [-0.2, -0.15) is 0 Å². The molecule has 3 heteroatoms. The molecule has 0 unspecified atom stereocenters. The summed E-state index contributed by atoms with van der Waals surface area (Å²) >= 11 is 0. The standard InChI is InChI=1S/C19H34O3/c1-22-19(21)17-15-13-11-9-7-5-3-2-4-6-8-10-12-14-16-18-20/h2-3,6,8,20H,4-5,7,9-18H2,1H3. The van der Waals surface area contributed by atoms with E-state index in [1.807, 2.05) is 0 Å². The van der Waals surface area contributed by atoms with Crippen molar-refractivity contribution in [3.63, 3.8) is 0 Å². The number of carbonyl (C=O) groups excluding carboxylic acids is 1. The van der Waals surface area contributed by atoms with Gasteiger partial charge >= 0.3 is 5.97 Å². The molecule has 1 N–H and O–H groups in total. The van der Waals surface area contributed by atoms with Crippen LogP contribution in [0.5, 0.6) is 0 Å². The lowest BCUT2D eigenvalue weighted by Crippen LogP contribution is -1.98. The van der Waals surface area contributed by atoms with Crippen LogP contribution >= 0.6 is 0 Å². The molecule has 0 aromatic rings. The van der Waals surface area contributed by atoms with E-state index in [0.717, 1.165) is 44.9 Å².